The first-order valence-corrected chi connectivity index (χ1v) is 6.59. The van der Waals surface area contributed by atoms with Crippen LogP contribution < -0.4 is 0 Å². The van der Waals surface area contributed by atoms with Gasteiger partial charge >= 0.3 is 15.6 Å². The number of halogens is 3. The molecule has 19 heavy (non-hydrogen) atoms. The van der Waals surface area contributed by atoms with Crippen LogP contribution in [-0.4, -0.2) is 18.9 Å². The standard InChI is InChI=1S/C10H10F3NO4S/c1-9(2)4-6(3-7-8(9)17-5-14-7)18-19(15,16)10(11,12)13/h3,5H,4H2,1-2H3. The molecular weight excluding hydrogens is 287 g/mol. The molecule has 0 bridgehead atoms. The van der Waals surface area contributed by atoms with Crippen LogP contribution in [0.2, 0.25) is 0 Å². The van der Waals surface area contributed by atoms with E-state index in [1.165, 1.54) is 0 Å². The molecule has 0 fully saturated rings. The predicted octanol–water partition coefficient (Wildman–Crippen LogP) is 2.56. The summed E-state index contributed by atoms with van der Waals surface area (Å²) in [7, 11) is -5.66. The summed E-state index contributed by atoms with van der Waals surface area (Å²) < 4.78 is 67.9. The van der Waals surface area contributed by atoms with Crippen molar-refractivity contribution in [2.45, 2.75) is 31.2 Å². The molecule has 1 heterocycles. The molecule has 0 aromatic carbocycles. The van der Waals surface area contributed by atoms with Gasteiger partial charge in [0, 0.05) is 17.9 Å². The summed E-state index contributed by atoms with van der Waals surface area (Å²) in [5, 5.41) is 0. The molecule has 1 aliphatic carbocycles. The van der Waals surface area contributed by atoms with Crippen molar-refractivity contribution in [1.82, 2.24) is 4.98 Å². The molecule has 5 nitrogen and oxygen atoms in total. The highest BCUT2D eigenvalue weighted by molar-refractivity contribution is 7.87. The Morgan fingerprint density at radius 1 is 1.42 bits per heavy atom. The summed E-state index contributed by atoms with van der Waals surface area (Å²) >= 11 is 0. The number of alkyl halides is 3. The lowest BCUT2D eigenvalue weighted by molar-refractivity contribution is -0.0524. The maximum atomic E-state index is 12.2. The zero-order chi connectivity index (χ0) is 14.5. The Bertz CT molecular complexity index is 627. The van der Waals surface area contributed by atoms with Crippen molar-refractivity contribution in [3.63, 3.8) is 0 Å². The van der Waals surface area contributed by atoms with E-state index in [-0.39, 0.29) is 17.9 Å². The van der Waals surface area contributed by atoms with E-state index in [1.54, 1.807) is 13.8 Å². The third-order valence-corrected chi connectivity index (χ3v) is 3.62. The van der Waals surface area contributed by atoms with E-state index in [9.17, 15) is 21.6 Å². The third kappa shape index (κ3) is 2.46. The molecule has 9 heteroatoms. The quantitative estimate of drug-likeness (QED) is 0.620. The summed E-state index contributed by atoms with van der Waals surface area (Å²) in [6.07, 6.45) is 2.24. The summed E-state index contributed by atoms with van der Waals surface area (Å²) in [5.74, 6) is 0.160. The van der Waals surface area contributed by atoms with Gasteiger partial charge in [0.1, 0.15) is 17.2 Å². The highest BCUT2D eigenvalue weighted by Crippen LogP contribution is 2.40. The minimum Gasteiger partial charge on any atom is -0.447 e. The second-order valence-corrected chi connectivity index (χ2v) is 6.26. The summed E-state index contributed by atoms with van der Waals surface area (Å²) in [4.78, 5) is 3.80. The van der Waals surface area contributed by atoms with Gasteiger partial charge in [-0.3, -0.25) is 0 Å². The molecule has 106 valence electrons. The maximum absolute atomic E-state index is 12.2. The largest absolute Gasteiger partial charge is 0.534 e. The van der Waals surface area contributed by atoms with Gasteiger partial charge in [-0.05, 0) is 0 Å². The van der Waals surface area contributed by atoms with Crippen LogP contribution in [0.5, 0.6) is 0 Å². The van der Waals surface area contributed by atoms with Crippen LogP contribution >= 0.6 is 0 Å². The van der Waals surface area contributed by atoms with E-state index in [0.717, 1.165) is 12.5 Å². The van der Waals surface area contributed by atoms with Crippen LogP contribution in [0.25, 0.3) is 6.08 Å². The number of hydrogen-bond donors (Lipinski definition) is 0. The zero-order valence-electron chi connectivity index (χ0n) is 9.98. The lowest BCUT2D eigenvalue weighted by Crippen LogP contribution is -2.28. The van der Waals surface area contributed by atoms with Crippen LogP contribution in [0.3, 0.4) is 0 Å². The molecule has 0 aliphatic heterocycles. The topological polar surface area (TPSA) is 69.4 Å². The second kappa shape index (κ2) is 3.99. The fourth-order valence-corrected chi connectivity index (χ4v) is 2.31. The fraction of sp³-hybridized carbons (Fsp3) is 0.500. The summed E-state index contributed by atoms with van der Waals surface area (Å²) in [6.45, 7) is 3.38. The molecule has 0 unspecified atom stereocenters. The van der Waals surface area contributed by atoms with E-state index in [4.69, 9.17) is 4.42 Å². The lowest BCUT2D eigenvalue weighted by atomic mass is 9.81. The number of aromatic nitrogens is 1. The number of allylic oxidation sites excluding steroid dienone is 1. The van der Waals surface area contributed by atoms with E-state index >= 15 is 0 Å². The van der Waals surface area contributed by atoms with E-state index < -0.39 is 21.0 Å². The van der Waals surface area contributed by atoms with Crippen LogP contribution in [0.1, 0.15) is 31.7 Å². The highest BCUT2D eigenvalue weighted by atomic mass is 32.2. The highest BCUT2D eigenvalue weighted by Gasteiger charge is 2.49. The monoisotopic (exact) mass is 297 g/mol. The summed E-state index contributed by atoms with van der Waals surface area (Å²) in [6, 6.07) is 0. The first kappa shape index (κ1) is 13.9. The Labute approximate surface area is 107 Å². The van der Waals surface area contributed by atoms with Crippen LogP contribution in [0.15, 0.2) is 16.6 Å². The molecule has 0 N–H and O–H groups in total. The van der Waals surface area contributed by atoms with Gasteiger partial charge in [0.15, 0.2) is 6.39 Å². The van der Waals surface area contributed by atoms with Gasteiger partial charge in [0.2, 0.25) is 0 Å². The molecule has 1 aromatic rings. The van der Waals surface area contributed by atoms with E-state index in [1.807, 2.05) is 0 Å². The second-order valence-electron chi connectivity index (χ2n) is 4.72. The van der Waals surface area contributed by atoms with Gasteiger partial charge in [-0.15, -0.1) is 0 Å². The lowest BCUT2D eigenvalue weighted by Gasteiger charge is -2.27. The SMILES string of the molecule is CC1(C)CC(OS(=O)(=O)C(F)(F)F)=Cc2ncoc21. The predicted molar refractivity (Wildman–Crippen MR) is 58.2 cm³/mol. The molecule has 0 saturated carbocycles. The number of hydrogen-bond acceptors (Lipinski definition) is 5. The van der Waals surface area contributed by atoms with Crippen LogP contribution in [0, 0.1) is 0 Å². The molecule has 1 aliphatic rings. The molecule has 0 atom stereocenters. The van der Waals surface area contributed by atoms with Crippen molar-refractivity contribution >= 4 is 16.2 Å². The number of rotatable bonds is 2. The Hall–Kier alpha value is -1.51. The van der Waals surface area contributed by atoms with Gasteiger partial charge < -0.3 is 8.60 Å². The molecule has 2 rings (SSSR count). The van der Waals surface area contributed by atoms with Crippen molar-refractivity contribution < 1.29 is 30.2 Å². The van der Waals surface area contributed by atoms with E-state index in [0.29, 0.717) is 5.76 Å². The molecule has 0 radical (unpaired) electrons. The molecular formula is C10H10F3NO4S. The Morgan fingerprint density at radius 2 is 2.05 bits per heavy atom. The first-order valence-electron chi connectivity index (χ1n) is 5.18. The average molecular weight is 297 g/mol. The normalized spacial score (nSPS) is 18.7. The molecule has 0 saturated heterocycles. The smallest absolute Gasteiger partial charge is 0.447 e. The Kier molecular flexibility index (Phi) is 2.92. The number of oxazole rings is 1. The zero-order valence-corrected chi connectivity index (χ0v) is 10.8. The van der Waals surface area contributed by atoms with Crippen molar-refractivity contribution in [3.05, 3.63) is 23.6 Å². The minimum absolute atomic E-state index is 0.0372. The van der Waals surface area contributed by atoms with Crippen molar-refractivity contribution in [2.75, 3.05) is 0 Å². The first-order chi connectivity index (χ1) is 8.53. The maximum Gasteiger partial charge on any atom is 0.534 e. The summed E-state index contributed by atoms with van der Waals surface area (Å²) in [5.41, 5.74) is -5.89. The van der Waals surface area contributed by atoms with Crippen molar-refractivity contribution in [2.24, 2.45) is 0 Å². The minimum atomic E-state index is -5.66. The van der Waals surface area contributed by atoms with Crippen molar-refractivity contribution in [3.8, 4) is 0 Å². The molecule has 1 aromatic heterocycles. The Morgan fingerprint density at radius 3 is 2.63 bits per heavy atom. The molecule has 0 amide bonds. The molecule has 0 spiro atoms. The van der Waals surface area contributed by atoms with E-state index in [2.05, 4.69) is 9.17 Å². The van der Waals surface area contributed by atoms with Gasteiger partial charge in [-0.25, -0.2) is 4.98 Å². The van der Waals surface area contributed by atoms with Gasteiger partial charge in [-0.1, -0.05) is 13.8 Å². The fourth-order valence-electron chi connectivity index (χ4n) is 1.82. The average Bonchev–Trinajstić information content (AvgIpc) is 2.62. The number of nitrogens with zero attached hydrogens (tertiary/aromatic N) is 1. The Balaban J connectivity index is 2.36. The third-order valence-electron chi connectivity index (χ3n) is 2.62. The van der Waals surface area contributed by atoms with Crippen molar-refractivity contribution in [1.29, 1.82) is 0 Å². The van der Waals surface area contributed by atoms with Crippen LogP contribution in [0.4, 0.5) is 13.2 Å². The van der Waals surface area contributed by atoms with Gasteiger partial charge in [0.25, 0.3) is 0 Å². The van der Waals surface area contributed by atoms with Gasteiger partial charge in [-0.2, -0.15) is 21.6 Å². The number of fused-ring (bicyclic) bond motifs is 1. The van der Waals surface area contributed by atoms with Crippen LogP contribution in [-0.2, 0) is 19.7 Å². The van der Waals surface area contributed by atoms with Gasteiger partial charge in [0.05, 0.1) is 0 Å².